The summed E-state index contributed by atoms with van der Waals surface area (Å²) in [5.74, 6) is 2.65. The van der Waals surface area contributed by atoms with Gasteiger partial charge in [0.05, 0.1) is 7.11 Å². The zero-order valence-corrected chi connectivity index (χ0v) is 13.2. The predicted octanol–water partition coefficient (Wildman–Crippen LogP) is 3.71. The lowest BCUT2D eigenvalue weighted by Crippen LogP contribution is -2.35. The van der Waals surface area contributed by atoms with E-state index in [0.717, 1.165) is 43.5 Å². The molecule has 0 spiro atoms. The van der Waals surface area contributed by atoms with Crippen molar-refractivity contribution in [2.75, 3.05) is 20.2 Å². The van der Waals surface area contributed by atoms with Gasteiger partial charge in [-0.2, -0.15) is 0 Å². The molecule has 1 aliphatic heterocycles. The van der Waals surface area contributed by atoms with Crippen molar-refractivity contribution in [3.63, 3.8) is 0 Å². The van der Waals surface area contributed by atoms with Crippen molar-refractivity contribution in [1.82, 2.24) is 4.90 Å². The molecule has 0 radical (unpaired) electrons. The fourth-order valence-corrected chi connectivity index (χ4v) is 2.65. The number of hydrogen-bond acceptors (Lipinski definition) is 3. The van der Waals surface area contributed by atoms with E-state index in [2.05, 4.69) is 31.7 Å². The molecular formula is C17H27NO2. The molecule has 0 amide bonds. The van der Waals surface area contributed by atoms with Gasteiger partial charge in [-0.25, -0.2) is 0 Å². The Kier molecular flexibility index (Phi) is 5.30. The van der Waals surface area contributed by atoms with E-state index in [1.54, 1.807) is 7.11 Å². The topological polar surface area (TPSA) is 21.7 Å². The standard InChI is InChI=1S/C17H27NO2/c1-5-13(3)10-18-11-14-9-16(19-4)7-8-17(14)20-15(6-2)12-18/h7-9,13,15H,5-6,10-12H2,1-4H3/t13-,15-/m1/s1. The minimum Gasteiger partial charge on any atom is -0.497 e. The molecule has 0 saturated carbocycles. The SMILES string of the molecule is CC[C@@H](C)CN1Cc2cc(OC)ccc2O[C@H](CC)C1. The van der Waals surface area contributed by atoms with E-state index in [0.29, 0.717) is 0 Å². The molecule has 3 nitrogen and oxygen atoms in total. The maximum atomic E-state index is 6.15. The van der Waals surface area contributed by atoms with Crippen LogP contribution in [-0.2, 0) is 6.54 Å². The van der Waals surface area contributed by atoms with Crippen LogP contribution < -0.4 is 9.47 Å². The summed E-state index contributed by atoms with van der Waals surface area (Å²) < 4.78 is 11.5. The Morgan fingerprint density at radius 3 is 2.85 bits per heavy atom. The molecule has 0 aliphatic carbocycles. The zero-order chi connectivity index (χ0) is 14.5. The second-order valence-corrected chi connectivity index (χ2v) is 5.83. The van der Waals surface area contributed by atoms with E-state index in [-0.39, 0.29) is 6.10 Å². The lowest BCUT2D eigenvalue weighted by atomic mass is 10.1. The third kappa shape index (κ3) is 3.66. The minimum atomic E-state index is 0.286. The van der Waals surface area contributed by atoms with Gasteiger partial charge in [-0.1, -0.05) is 27.2 Å². The van der Waals surface area contributed by atoms with Crippen LogP contribution in [0.3, 0.4) is 0 Å². The molecule has 1 aliphatic rings. The third-order valence-electron chi connectivity index (χ3n) is 4.14. The van der Waals surface area contributed by atoms with Gasteiger partial charge in [-0.05, 0) is 30.5 Å². The van der Waals surface area contributed by atoms with E-state index in [1.807, 2.05) is 12.1 Å². The molecule has 1 aromatic carbocycles. The molecule has 20 heavy (non-hydrogen) atoms. The minimum absolute atomic E-state index is 0.286. The normalized spacial score (nSPS) is 20.7. The van der Waals surface area contributed by atoms with Crippen molar-refractivity contribution in [1.29, 1.82) is 0 Å². The van der Waals surface area contributed by atoms with Gasteiger partial charge in [0.15, 0.2) is 0 Å². The average Bonchev–Trinajstić information content (AvgIpc) is 2.64. The molecule has 1 heterocycles. The maximum absolute atomic E-state index is 6.15. The number of methoxy groups -OCH3 is 1. The van der Waals surface area contributed by atoms with Crippen LogP contribution in [0.25, 0.3) is 0 Å². The van der Waals surface area contributed by atoms with E-state index in [4.69, 9.17) is 9.47 Å². The van der Waals surface area contributed by atoms with Crippen molar-refractivity contribution in [3.8, 4) is 11.5 Å². The molecule has 2 atom stereocenters. The Bertz CT molecular complexity index is 433. The van der Waals surface area contributed by atoms with Crippen molar-refractivity contribution >= 4 is 0 Å². The predicted molar refractivity (Wildman–Crippen MR) is 82.4 cm³/mol. The number of hydrogen-bond donors (Lipinski definition) is 0. The van der Waals surface area contributed by atoms with E-state index in [9.17, 15) is 0 Å². The smallest absolute Gasteiger partial charge is 0.124 e. The van der Waals surface area contributed by atoms with Crippen molar-refractivity contribution in [3.05, 3.63) is 23.8 Å². The summed E-state index contributed by atoms with van der Waals surface area (Å²) in [6.07, 6.45) is 2.55. The Morgan fingerprint density at radius 1 is 1.40 bits per heavy atom. The summed E-state index contributed by atoms with van der Waals surface area (Å²) in [5.41, 5.74) is 1.24. The van der Waals surface area contributed by atoms with Gasteiger partial charge in [-0.3, -0.25) is 4.90 Å². The first-order chi connectivity index (χ1) is 9.66. The molecule has 112 valence electrons. The van der Waals surface area contributed by atoms with Crippen molar-refractivity contribution in [2.24, 2.45) is 5.92 Å². The molecule has 1 aromatic rings. The Labute approximate surface area is 122 Å². The number of ether oxygens (including phenoxy) is 2. The van der Waals surface area contributed by atoms with Crippen molar-refractivity contribution < 1.29 is 9.47 Å². The number of fused-ring (bicyclic) bond motifs is 1. The van der Waals surface area contributed by atoms with Crippen LogP contribution in [0.2, 0.25) is 0 Å². The third-order valence-corrected chi connectivity index (χ3v) is 4.14. The largest absolute Gasteiger partial charge is 0.497 e. The number of nitrogens with zero attached hydrogens (tertiary/aromatic N) is 1. The Hall–Kier alpha value is -1.22. The van der Waals surface area contributed by atoms with Crippen molar-refractivity contribution in [2.45, 2.75) is 46.3 Å². The highest BCUT2D eigenvalue weighted by Gasteiger charge is 2.23. The fraction of sp³-hybridized carbons (Fsp3) is 0.647. The van der Waals surface area contributed by atoms with Crippen LogP contribution in [-0.4, -0.2) is 31.2 Å². The molecule has 2 rings (SSSR count). The first-order valence-corrected chi connectivity index (χ1v) is 7.72. The summed E-state index contributed by atoms with van der Waals surface area (Å²) in [6.45, 7) is 9.87. The molecule has 0 fully saturated rings. The highest BCUT2D eigenvalue weighted by atomic mass is 16.5. The maximum Gasteiger partial charge on any atom is 0.124 e. The quantitative estimate of drug-likeness (QED) is 0.819. The Morgan fingerprint density at radius 2 is 2.20 bits per heavy atom. The molecule has 0 N–H and O–H groups in total. The van der Waals surface area contributed by atoms with E-state index in [1.165, 1.54) is 12.0 Å². The molecule has 0 saturated heterocycles. The van der Waals surface area contributed by atoms with Gasteiger partial charge in [0.2, 0.25) is 0 Å². The van der Waals surface area contributed by atoms with Gasteiger partial charge < -0.3 is 9.47 Å². The lowest BCUT2D eigenvalue weighted by molar-refractivity contribution is 0.132. The first-order valence-electron chi connectivity index (χ1n) is 7.72. The van der Waals surface area contributed by atoms with Crippen LogP contribution in [0.5, 0.6) is 11.5 Å². The van der Waals surface area contributed by atoms with Gasteiger partial charge >= 0.3 is 0 Å². The summed E-state index contributed by atoms with van der Waals surface area (Å²) in [4.78, 5) is 2.52. The fourth-order valence-electron chi connectivity index (χ4n) is 2.65. The van der Waals surface area contributed by atoms with Gasteiger partial charge in [0, 0.05) is 25.2 Å². The van der Waals surface area contributed by atoms with Crippen LogP contribution in [0, 0.1) is 5.92 Å². The van der Waals surface area contributed by atoms with Gasteiger partial charge in [0.1, 0.15) is 17.6 Å². The second kappa shape index (κ2) is 6.98. The lowest BCUT2D eigenvalue weighted by Gasteiger charge is -2.25. The highest BCUT2D eigenvalue weighted by molar-refractivity contribution is 5.41. The van der Waals surface area contributed by atoms with Crippen LogP contribution in [0.1, 0.15) is 39.2 Å². The first kappa shape index (κ1) is 15.2. The molecule has 0 aromatic heterocycles. The molecule has 0 unspecified atom stereocenters. The summed E-state index contributed by atoms with van der Waals surface area (Å²) in [5, 5.41) is 0. The molecule has 0 bridgehead atoms. The number of benzene rings is 1. The number of rotatable bonds is 5. The van der Waals surface area contributed by atoms with Crippen LogP contribution >= 0.6 is 0 Å². The molecule has 3 heteroatoms. The highest BCUT2D eigenvalue weighted by Crippen LogP contribution is 2.30. The monoisotopic (exact) mass is 277 g/mol. The Balaban J connectivity index is 2.21. The van der Waals surface area contributed by atoms with E-state index >= 15 is 0 Å². The van der Waals surface area contributed by atoms with Crippen LogP contribution in [0.15, 0.2) is 18.2 Å². The summed E-state index contributed by atoms with van der Waals surface area (Å²) in [7, 11) is 1.71. The average molecular weight is 277 g/mol. The van der Waals surface area contributed by atoms with Gasteiger partial charge in [0.25, 0.3) is 0 Å². The van der Waals surface area contributed by atoms with Gasteiger partial charge in [-0.15, -0.1) is 0 Å². The summed E-state index contributed by atoms with van der Waals surface area (Å²) in [6, 6.07) is 6.14. The molecular weight excluding hydrogens is 250 g/mol. The zero-order valence-electron chi connectivity index (χ0n) is 13.2. The van der Waals surface area contributed by atoms with E-state index < -0.39 is 0 Å². The summed E-state index contributed by atoms with van der Waals surface area (Å²) >= 11 is 0. The second-order valence-electron chi connectivity index (χ2n) is 5.83. The van der Waals surface area contributed by atoms with Crippen LogP contribution in [0.4, 0.5) is 0 Å².